The van der Waals surface area contributed by atoms with Crippen molar-refractivity contribution in [1.29, 1.82) is 0 Å². The molecule has 14 aromatic rings. The molecule has 0 spiro atoms. The third-order valence-electron chi connectivity index (χ3n) is 17.1. The number of fused-ring (bicyclic) bond motifs is 15. The fourth-order valence-electron chi connectivity index (χ4n) is 13.4. The Hall–Kier alpha value is -9.64. The summed E-state index contributed by atoms with van der Waals surface area (Å²) in [6.45, 7) is 2.33. The molecule has 16 rings (SSSR count). The van der Waals surface area contributed by atoms with E-state index in [1.165, 1.54) is 76.3 Å². The molecular weight excluding hydrogens is 947 g/mol. The molecule has 0 amide bonds. The van der Waals surface area contributed by atoms with Gasteiger partial charge in [0, 0.05) is 50.1 Å². The van der Waals surface area contributed by atoms with Crippen LogP contribution >= 0.6 is 0 Å². The van der Waals surface area contributed by atoms with Crippen LogP contribution in [-0.2, 0) is 6.42 Å². The highest BCUT2D eigenvalue weighted by atomic mass is 16.3. The van der Waals surface area contributed by atoms with Gasteiger partial charge in [-0.25, -0.2) is 9.98 Å². The van der Waals surface area contributed by atoms with Crippen LogP contribution in [-0.4, -0.2) is 16.1 Å². The van der Waals surface area contributed by atoms with Gasteiger partial charge in [0.15, 0.2) is 11.4 Å². The highest BCUT2D eigenvalue weighted by molar-refractivity contribution is 6.27. The van der Waals surface area contributed by atoms with Crippen LogP contribution in [0.1, 0.15) is 59.1 Å². The molecule has 0 bridgehead atoms. The van der Waals surface area contributed by atoms with Crippen molar-refractivity contribution < 1.29 is 4.42 Å². The summed E-state index contributed by atoms with van der Waals surface area (Å²) in [6.07, 6.45) is 5.09. The normalized spacial score (nSPS) is 17.8. The number of aromatic nitrogens is 1. The van der Waals surface area contributed by atoms with Gasteiger partial charge in [0.25, 0.3) is 0 Å². The molecule has 3 heterocycles. The van der Waals surface area contributed by atoms with Crippen molar-refractivity contribution in [1.82, 2.24) is 4.57 Å². The van der Waals surface area contributed by atoms with Crippen molar-refractivity contribution in [2.24, 2.45) is 15.9 Å². The Kier molecular flexibility index (Phi) is 10.1. The lowest BCUT2D eigenvalue weighted by atomic mass is 9.86. The van der Waals surface area contributed by atoms with Crippen molar-refractivity contribution in [3.05, 3.63) is 276 Å². The summed E-state index contributed by atoms with van der Waals surface area (Å²) in [7, 11) is 0. The molecule has 78 heavy (non-hydrogen) atoms. The minimum absolute atomic E-state index is 0.0476. The molecule has 1 aliphatic heterocycles. The van der Waals surface area contributed by atoms with E-state index in [2.05, 4.69) is 254 Å². The van der Waals surface area contributed by atoms with Crippen molar-refractivity contribution in [3.8, 4) is 16.8 Å². The molecule has 0 saturated heterocycles. The van der Waals surface area contributed by atoms with E-state index in [4.69, 9.17) is 14.4 Å². The van der Waals surface area contributed by atoms with Gasteiger partial charge in [-0.15, -0.1) is 0 Å². The van der Waals surface area contributed by atoms with Crippen molar-refractivity contribution >= 4 is 104 Å². The Bertz CT molecular complexity index is 4910. The Morgan fingerprint density at radius 1 is 0.462 bits per heavy atom. The first kappa shape index (κ1) is 44.6. The van der Waals surface area contributed by atoms with Gasteiger partial charge in [-0.05, 0) is 133 Å². The van der Waals surface area contributed by atoms with Gasteiger partial charge in [-0.3, -0.25) is 0 Å². The minimum Gasteiger partial charge on any atom is -0.454 e. The van der Waals surface area contributed by atoms with Crippen molar-refractivity contribution in [2.45, 2.75) is 32.1 Å². The number of benzene rings is 12. The molecule has 1 aliphatic carbocycles. The quantitative estimate of drug-likeness (QED) is 0.169. The third-order valence-corrected chi connectivity index (χ3v) is 17.1. The largest absolute Gasteiger partial charge is 0.454 e. The van der Waals surface area contributed by atoms with Crippen LogP contribution in [0, 0.1) is 5.92 Å². The van der Waals surface area contributed by atoms with Gasteiger partial charge >= 0.3 is 0 Å². The molecule has 2 aliphatic rings. The van der Waals surface area contributed by atoms with E-state index >= 15 is 0 Å². The zero-order valence-corrected chi connectivity index (χ0v) is 43.1. The molecule has 2 atom stereocenters. The van der Waals surface area contributed by atoms with E-state index in [0.717, 1.165) is 91.4 Å². The zero-order valence-electron chi connectivity index (χ0n) is 43.1. The number of hydrogen-bond acceptors (Lipinski definition) is 3. The minimum atomic E-state index is 0.0476. The number of rotatable bonds is 5. The van der Waals surface area contributed by atoms with E-state index < -0.39 is 0 Å². The van der Waals surface area contributed by atoms with E-state index in [-0.39, 0.29) is 5.92 Å². The van der Waals surface area contributed by atoms with Crippen LogP contribution in [0.25, 0.3) is 109 Å². The standard InChI is InChI=1S/C74H51N3O/c1-45-30-39-65(53-32-36-56-52(42-53)31-35-55(46-16-3-2-4-17-46)59-27-13-14-28-60(56)59)75-74(76-71(45)61-29-15-23-47-18-7-10-24-54(47)61)63-38-37-62-70-58-26-12-9-20-49(58)34-41-68(70)78-73(62)72(63)77-66-40-33-48-19-8-11-25-57(48)69(66)64-43-50-21-5-6-22-51(50)44-67(64)77/h2-29,32-34,36-45,55H,30-31,35H2,1H3/b65-39+,75-74-,76-71+. The number of furan rings is 1. The average molecular weight is 998 g/mol. The van der Waals surface area contributed by atoms with Crippen molar-refractivity contribution in [2.75, 3.05) is 0 Å². The predicted octanol–water partition coefficient (Wildman–Crippen LogP) is 19.4. The van der Waals surface area contributed by atoms with Crippen molar-refractivity contribution in [3.63, 3.8) is 0 Å². The topological polar surface area (TPSA) is 42.8 Å². The van der Waals surface area contributed by atoms with Crippen LogP contribution < -0.4 is 0 Å². The maximum absolute atomic E-state index is 7.38. The van der Waals surface area contributed by atoms with Gasteiger partial charge in [-0.1, -0.05) is 207 Å². The molecule has 4 nitrogen and oxygen atoms in total. The van der Waals surface area contributed by atoms with Gasteiger partial charge in [0.2, 0.25) is 0 Å². The first-order chi connectivity index (χ1) is 38.6. The van der Waals surface area contributed by atoms with Crippen LogP contribution in [0.4, 0.5) is 0 Å². The lowest BCUT2D eigenvalue weighted by Gasteiger charge is -2.21. The number of nitrogens with zero attached hydrogens (tertiary/aromatic N) is 3. The zero-order chi connectivity index (χ0) is 51.4. The molecule has 0 saturated carbocycles. The molecular formula is C74H51N3O. The monoisotopic (exact) mass is 997 g/mol. The number of allylic oxidation sites excluding steroid dienone is 1. The highest BCUT2D eigenvalue weighted by Gasteiger charge is 2.29. The Morgan fingerprint density at radius 3 is 1.94 bits per heavy atom. The second-order valence-electron chi connectivity index (χ2n) is 21.5. The third kappa shape index (κ3) is 6.99. The molecule has 368 valence electrons. The molecule has 2 aromatic heterocycles. The SMILES string of the molecule is CC1C/C=C(c2ccc3c(c2)CCC(c2ccccc2)c2ccccc2-3)/N=C(c2ccc3c(oc4ccc5ccccc5c43)c2-n2c3cc4ccccc4cc3c3c4ccccc4ccc32)\N=C/1c1cccc2ccccc12. The number of amidine groups is 1. The first-order valence-electron chi connectivity index (χ1n) is 27.5. The van der Waals surface area contributed by atoms with E-state index in [1.54, 1.807) is 0 Å². The predicted molar refractivity (Wildman–Crippen MR) is 328 cm³/mol. The van der Waals surface area contributed by atoms with Crippen LogP contribution in [0.3, 0.4) is 0 Å². The van der Waals surface area contributed by atoms with E-state index in [9.17, 15) is 0 Å². The fourth-order valence-corrected chi connectivity index (χ4v) is 13.4. The summed E-state index contributed by atoms with van der Waals surface area (Å²) in [6, 6.07) is 86.8. The molecule has 0 fully saturated rings. The molecule has 0 radical (unpaired) electrons. The smallest absolute Gasteiger partial charge is 0.162 e. The van der Waals surface area contributed by atoms with Crippen LogP contribution in [0.15, 0.2) is 257 Å². The second-order valence-corrected chi connectivity index (χ2v) is 21.5. The van der Waals surface area contributed by atoms with Gasteiger partial charge in [0.1, 0.15) is 11.3 Å². The summed E-state index contributed by atoms with van der Waals surface area (Å²) in [5.74, 6) is 0.984. The molecule has 12 aromatic carbocycles. The summed E-state index contributed by atoms with van der Waals surface area (Å²) in [4.78, 5) is 11.9. The van der Waals surface area contributed by atoms with E-state index in [1.807, 2.05) is 0 Å². The fraction of sp³-hybridized carbons (Fsp3) is 0.0811. The number of aryl methyl sites for hydroxylation is 1. The maximum Gasteiger partial charge on any atom is 0.162 e. The summed E-state index contributed by atoms with van der Waals surface area (Å²) >= 11 is 0. The summed E-state index contributed by atoms with van der Waals surface area (Å²) < 4.78 is 9.85. The van der Waals surface area contributed by atoms with Crippen LogP contribution in [0.5, 0.6) is 0 Å². The average Bonchev–Trinajstić information content (AvgIpc) is 4.18. The van der Waals surface area contributed by atoms with Gasteiger partial charge < -0.3 is 8.98 Å². The lowest BCUT2D eigenvalue weighted by molar-refractivity contribution is 0.666. The summed E-state index contributed by atoms with van der Waals surface area (Å²) in [5, 5.41) is 14.0. The van der Waals surface area contributed by atoms with E-state index in [0.29, 0.717) is 11.8 Å². The van der Waals surface area contributed by atoms with Gasteiger partial charge in [0.05, 0.1) is 22.4 Å². The Balaban J connectivity index is 0.999. The second kappa shape index (κ2) is 17.7. The number of aliphatic imine (C=N–C) groups is 2. The summed E-state index contributed by atoms with van der Waals surface area (Å²) in [5.41, 5.74) is 16.4. The molecule has 2 unspecified atom stereocenters. The Morgan fingerprint density at radius 2 is 1.12 bits per heavy atom. The first-order valence-corrected chi connectivity index (χ1v) is 27.5. The van der Waals surface area contributed by atoms with Gasteiger partial charge in [-0.2, -0.15) is 0 Å². The molecule has 4 heteroatoms. The lowest BCUT2D eigenvalue weighted by Crippen LogP contribution is -2.18. The van der Waals surface area contributed by atoms with Crippen LogP contribution in [0.2, 0.25) is 0 Å². The Labute approximate surface area is 451 Å². The molecule has 0 N–H and O–H groups in total. The maximum atomic E-state index is 7.38. The highest BCUT2D eigenvalue weighted by Crippen LogP contribution is 2.46. The number of hydrogen-bond donors (Lipinski definition) is 0.